The van der Waals surface area contributed by atoms with Crippen LogP contribution < -0.4 is 4.90 Å². The third-order valence-corrected chi connectivity index (χ3v) is 3.22. The third-order valence-electron chi connectivity index (χ3n) is 2.44. The lowest BCUT2D eigenvalue weighted by Gasteiger charge is -2.23. The van der Waals surface area contributed by atoms with Gasteiger partial charge in [-0.2, -0.15) is 0 Å². The van der Waals surface area contributed by atoms with Crippen LogP contribution in [0.1, 0.15) is 0 Å². The van der Waals surface area contributed by atoms with Crippen molar-refractivity contribution >= 4 is 49.1 Å². The highest BCUT2D eigenvalue weighted by molar-refractivity contribution is 9.25. The normalized spacial score (nSPS) is 10.4. The molecule has 0 saturated heterocycles. The van der Waals surface area contributed by atoms with E-state index < -0.39 is 3.74 Å². The highest BCUT2D eigenvalue weighted by atomic mass is 79.9. The Labute approximate surface area is 123 Å². The number of rotatable bonds is 3. The summed E-state index contributed by atoms with van der Waals surface area (Å²) in [6.45, 7) is 0. The van der Waals surface area contributed by atoms with Crippen molar-refractivity contribution < 1.29 is 4.79 Å². The van der Waals surface area contributed by atoms with Crippen molar-refractivity contribution in [2.45, 2.75) is 3.74 Å². The SMILES string of the molecule is O=C(C(Br)Br)N(c1ccccc1)c1ccccc1. The van der Waals surface area contributed by atoms with E-state index in [4.69, 9.17) is 0 Å². The number of carbonyl (C=O) groups is 1. The van der Waals surface area contributed by atoms with Crippen LogP contribution in [0, 0.1) is 0 Å². The number of halogens is 2. The average Bonchev–Trinajstić information content (AvgIpc) is 2.41. The Morgan fingerprint density at radius 3 is 1.56 bits per heavy atom. The number of carbonyl (C=O) groups excluding carboxylic acids is 1. The number of hydrogen-bond acceptors (Lipinski definition) is 1. The summed E-state index contributed by atoms with van der Waals surface area (Å²) < 4.78 is -0.412. The van der Waals surface area contributed by atoms with Crippen molar-refractivity contribution in [3.63, 3.8) is 0 Å². The number of anilines is 2. The van der Waals surface area contributed by atoms with Crippen molar-refractivity contribution in [3.8, 4) is 0 Å². The molecule has 0 unspecified atom stereocenters. The fourth-order valence-electron chi connectivity index (χ4n) is 1.66. The number of benzene rings is 2. The predicted octanol–water partition coefficient (Wildman–Crippen LogP) is 4.47. The van der Waals surface area contributed by atoms with E-state index in [1.807, 2.05) is 60.7 Å². The van der Waals surface area contributed by atoms with Gasteiger partial charge in [0.1, 0.15) is 3.74 Å². The third kappa shape index (κ3) is 3.00. The van der Waals surface area contributed by atoms with Gasteiger partial charge in [0.2, 0.25) is 0 Å². The van der Waals surface area contributed by atoms with Crippen molar-refractivity contribution in [1.82, 2.24) is 0 Å². The lowest BCUT2D eigenvalue weighted by atomic mass is 10.2. The Morgan fingerprint density at radius 2 is 1.22 bits per heavy atom. The monoisotopic (exact) mass is 367 g/mol. The molecule has 4 heteroatoms. The molecule has 0 bridgehead atoms. The van der Waals surface area contributed by atoms with Crippen LogP contribution >= 0.6 is 31.9 Å². The Bertz CT molecular complexity index is 474. The van der Waals surface area contributed by atoms with Crippen molar-refractivity contribution in [2.24, 2.45) is 0 Å². The van der Waals surface area contributed by atoms with Crippen molar-refractivity contribution in [1.29, 1.82) is 0 Å². The van der Waals surface area contributed by atoms with Gasteiger partial charge in [0.05, 0.1) is 0 Å². The molecule has 92 valence electrons. The molecule has 2 nitrogen and oxygen atoms in total. The summed E-state index contributed by atoms with van der Waals surface area (Å²) in [4.78, 5) is 14.0. The summed E-state index contributed by atoms with van der Waals surface area (Å²) in [6.07, 6.45) is 0. The van der Waals surface area contributed by atoms with E-state index in [1.165, 1.54) is 0 Å². The van der Waals surface area contributed by atoms with Crippen LogP contribution in [0.4, 0.5) is 11.4 Å². The molecule has 2 aromatic carbocycles. The molecule has 0 heterocycles. The molecular formula is C14H11Br2NO. The lowest BCUT2D eigenvalue weighted by Crippen LogP contribution is -2.30. The quantitative estimate of drug-likeness (QED) is 0.732. The molecule has 0 aliphatic rings. The molecular weight excluding hydrogens is 358 g/mol. The summed E-state index contributed by atoms with van der Waals surface area (Å²) in [6, 6.07) is 19.1. The van der Waals surface area contributed by atoms with E-state index >= 15 is 0 Å². The molecule has 0 aliphatic heterocycles. The van der Waals surface area contributed by atoms with Gasteiger partial charge in [0.25, 0.3) is 5.91 Å². The molecule has 0 aromatic heterocycles. The molecule has 2 aromatic rings. The molecule has 1 amide bonds. The van der Waals surface area contributed by atoms with Gasteiger partial charge in [-0.1, -0.05) is 68.3 Å². The minimum Gasteiger partial charge on any atom is -0.279 e. The van der Waals surface area contributed by atoms with Gasteiger partial charge in [-0.25, -0.2) is 0 Å². The second-order valence-electron chi connectivity index (χ2n) is 3.65. The van der Waals surface area contributed by atoms with E-state index in [2.05, 4.69) is 31.9 Å². The van der Waals surface area contributed by atoms with Crippen LogP contribution in [0.15, 0.2) is 60.7 Å². The van der Waals surface area contributed by atoms with Gasteiger partial charge < -0.3 is 0 Å². The van der Waals surface area contributed by atoms with E-state index in [-0.39, 0.29) is 5.91 Å². The molecule has 2 rings (SSSR count). The Hall–Kier alpha value is -1.13. The lowest BCUT2D eigenvalue weighted by molar-refractivity contribution is -0.115. The zero-order valence-electron chi connectivity index (χ0n) is 9.46. The van der Waals surface area contributed by atoms with Gasteiger partial charge in [0.15, 0.2) is 0 Å². The maximum atomic E-state index is 12.3. The van der Waals surface area contributed by atoms with Gasteiger partial charge >= 0.3 is 0 Å². The molecule has 0 radical (unpaired) electrons. The summed E-state index contributed by atoms with van der Waals surface area (Å²) in [5.41, 5.74) is 1.69. The minimum absolute atomic E-state index is 0.0626. The first kappa shape index (κ1) is 13.3. The van der Waals surface area contributed by atoms with Crippen LogP contribution in [0.2, 0.25) is 0 Å². The summed E-state index contributed by atoms with van der Waals surface area (Å²) >= 11 is 6.52. The summed E-state index contributed by atoms with van der Waals surface area (Å²) in [7, 11) is 0. The smallest absolute Gasteiger partial charge is 0.256 e. The van der Waals surface area contributed by atoms with Crippen molar-refractivity contribution in [2.75, 3.05) is 4.90 Å². The van der Waals surface area contributed by atoms with Crippen LogP contribution in [0.3, 0.4) is 0 Å². The number of alkyl halides is 2. The summed E-state index contributed by atoms with van der Waals surface area (Å²) in [5.74, 6) is -0.0626. The van der Waals surface area contributed by atoms with Crippen LogP contribution in [-0.4, -0.2) is 9.64 Å². The van der Waals surface area contributed by atoms with Gasteiger partial charge in [-0.15, -0.1) is 0 Å². The molecule has 0 saturated carbocycles. The van der Waals surface area contributed by atoms with Crippen molar-refractivity contribution in [3.05, 3.63) is 60.7 Å². The maximum absolute atomic E-state index is 12.3. The van der Waals surface area contributed by atoms with Crippen LogP contribution in [-0.2, 0) is 4.79 Å². The van der Waals surface area contributed by atoms with E-state index in [9.17, 15) is 4.79 Å². The second kappa shape index (κ2) is 6.16. The second-order valence-corrected chi connectivity index (χ2v) is 6.71. The van der Waals surface area contributed by atoms with Crippen LogP contribution in [0.5, 0.6) is 0 Å². The largest absolute Gasteiger partial charge is 0.279 e. The molecule has 0 N–H and O–H groups in total. The molecule has 0 fully saturated rings. The standard InChI is InChI=1S/C14H11Br2NO/c15-13(16)14(18)17(11-7-3-1-4-8-11)12-9-5-2-6-10-12/h1-10,13H. The Balaban J connectivity index is 2.45. The first-order valence-electron chi connectivity index (χ1n) is 5.42. The number of nitrogens with zero attached hydrogens (tertiary/aromatic N) is 1. The average molecular weight is 369 g/mol. The van der Waals surface area contributed by atoms with E-state index in [1.54, 1.807) is 4.90 Å². The fraction of sp³-hybridized carbons (Fsp3) is 0.0714. The first-order chi connectivity index (χ1) is 8.70. The highest BCUT2D eigenvalue weighted by Gasteiger charge is 2.22. The van der Waals surface area contributed by atoms with Crippen LogP contribution in [0.25, 0.3) is 0 Å². The van der Waals surface area contributed by atoms with E-state index in [0.29, 0.717) is 0 Å². The summed E-state index contributed by atoms with van der Waals surface area (Å²) in [5, 5.41) is 0. The van der Waals surface area contributed by atoms with Gasteiger partial charge in [-0.3, -0.25) is 9.69 Å². The molecule has 0 aliphatic carbocycles. The number of amides is 1. The van der Waals surface area contributed by atoms with Gasteiger partial charge in [0, 0.05) is 11.4 Å². The number of para-hydroxylation sites is 2. The topological polar surface area (TPSA) is 20.3 Å². The van der Waals surface area contributed by atoms with Gasteiger partial charge in [-0.05, 0) is 24.3 Å². The Kier molecular flexibility index (Phi) is 4.55. The molecule has 0 atom stereocenters. The molecule has 18 heavy (non-hydrogen) atoms. The Morgan fingerprint density at radius 1 is 0.833 bits per heavy atom. The zero-order valence-corrected chi connectivity index (χ0v) is 12.6. The fourth-order valence-corrected chi connectivity index (χ4v) is 2.06. The maximum Gasteiger partial charge on any atom is 0.256 e. The van der Waals surface area contributed by atoms with E-state index in [0.717, 1.165) is 11.4 Å². The predicted molar refractivity (Wildman–Crippen MR) is 81.7 cm³/mol. The first-order valence-corrected chi connectivity index (χ1v) is 7.25. The minimum atomic E-state index is -0.412. The zero-order chi connectivity index (χ0) is 13.0. The highest BCUT2D eigenvalue weighted by Crippen LogP contribution is 2.28. The number of hydrogen-bond donors (Lipinski definition) is 0. The molecule has 0 spiro atoms.